The van der Waals surface area contributed by atoms with Gasteiger partial charge in [0.1, 0.15) is 0 Å². The van der Waals surface area contributed by atoms with Crippen molar-refractivity contribution in [3.8, 4) is 0 Å². The van der Waals surface area contributed by atoms with Crippen LogP contribution in [-0.2, 0) is 16.0 Å². The number of rotatable bonds is 6. The normalized spacial score (nSPS) is 10.8. The van der Waals surface area contributed by atoms with Crippen LogP contribution in [0, 0.1) is 13.8 Å². The third-order valence-electron chi connectivity index (χ3n) is 4.62. The fourth-order valence-electron chi connectivity index (χ4n) is 3.10. The van der Waals surface area contributed by atoms with Gasteiger partial charge in [0.05, 0.1) is 31.9 Å². The van der Waals surface area contributed by atoms with Crippen molar-refractivity contribution in [2.45, 2.75) is 20.4 Å². The number of aryl methyl sites for hydroxylation is 2. The van der Waals surface area contributed by atoms with E-state index in [1.165, 1.54) is 32.4 Å². The van der Waals surface area contributed by atoms with Gasteiger partial charge in [-0.2, -0.15) is 0 Å². The van der Waals surface area contributed by atoms with Crippen molar-refractivity contribution >= 4 is 46.9 Å². The molecule has 0 amide bonds. The smallest absolute Gasteiger partial charge is 0.337 e. The highest BCUT2D eigenvalue weighted by atomic mass is 32.1. The maximum absolute atomic E-state index is 12.1. The number of carbonyl (C=O) groups excluding carboxylic acids is 2. The van der Waals surface area contributed by atoms with Crippen LogP contribution in [0.1, 0.15) is 37.7 Å². The summed E-state index contributed by atoms with van der Waals surface area (Å²) in [7, 11) is 2.50. The molecule has 0 atom stereocenters. The zero-order valence-electron chi connectivity index (χ0n) is 20.2. The molecule has 1 aromatic carbocycles. The average molecular weight is 508 g/mol. The van der Waals surface area contributed by atoms with Crippen LogP contribution in [0.4, 0.5) is 11.6 Å². The van der Waals surface area contributed by atoms with Crippen LogP contribution in [0.25, 0.3) is 0 Å². The van der Waals surface area contributed by atoms with Gasteiger partial charge >= 0.3 is 11.9 Å². The Bertz CT molecular complexity index is 1240. The summed E-state index contributed by atoms with van der Waals surface area (Å²) in [6.07, 6.45) is 3.38. The van der Waals surface area contributed by atoms with Crippen molar-refractivity contribution in [3.63, 3.8) is 0 Å². The van der Waals surface area contributed by atoms with E-state index in [4.69, 9.17) is 21.7 Å². The third kappa shape index (κ3) is 7.53. The van der Waals surface area contributed by atoms with E-state index in [0.717, 1.165) is 17.0 Å². The molecular formula is C24H25N7O4S. The third-order valence-corrected chi connectivity index (χ3v) is 4.82. The Hall–Kier alpha value is -4.45. The van der Waals surface area contributed by atoms with Gasteiger partial charge in [-0.3, -0.25) is 10.3 Å². The second-order valence-electron chi connectivity index (χ2n) is 7.49. The minimum Gasteiger partial charge on any atom is -0.465 e. The molecule has 0 radical (unpaired) electrons. The van der Waals surface area contributed by atoms with Crippen LogP contribution in [-0.4, -0.2) is 52.2 Å². The summed E-state index contributed by atoms with van der Waals surface area (Å²) in [6.45, 7) is 4.03. The highest BCUT2D eigenvalue weighted by Crippen LogP contribution is 2.17. The molecule has 0 saturated heterocycles. The zero-order chi connectivity index (χ0) is 26.1. The van der Waals surface area contributed by atoms with Crippen LogP contribution in [0.2, 0.25) is 0 Å². The van der Waals surface area contributed by atoms with Gasteiger partial charge in [-0.25, -0.2) is 24.5 Å². The maximum Gasteiger partial charge on any atom is 0.337 e. The van der Waals surface area contributed by atoms with Crippen LogP contribution in [0.15, 0.2) is 53.8 Å². The van der Waals surface area contributed by atoms with Gasteiger partial charge in [0.2, 0.25) is 11.9 Å². The molecule has 0 saturated carbocycles. The van der Waals surface area contributed by atoms with E-state index in [-0.39, 0.29) is 22.2 Å². The minimum atomic E-state index is -0.616. The lowest BCUT2D eigenvalue weighted by molar-refractivity contribution is 0.0599. The van der Waals surface area contributed by atoms with Crippen molar-refractivity contribution < 1.29 is 19.1 Å². The van der Waals surface area contributed by atoms with Gasteiger partial charge in [-0.15, -0.1) is 0 Å². The van der Waals surface area contributed by atoms with Crippen molar-refractivity contribution in [1.82, 2.24) is 20.3 Å². The predicted molar refractivity (Wildman–Crippen MR) is 139 cm³/mol. The fraction of sp³-hybridized carbons (Fsp3) is 0.208. The fourth-order valence-corrected chi connectivity index (χ4v) is 3.32. The number of nitrogens with one attached hydrogen (secondary N) is 3. The van der Waals surface area contributed by atoms with E-state index in [2.05, 4.69) is 35.9 Å². The first kappa shape index (κ1) is 26.2. The number of pyridine rings is 1. The number of carbonyl (C=O) groups is 2. The van der Waals surface area contributed by atoms with Gasteiger partial charge in [-0.1, -0.05) is 6.07 Å². The van der Waals surface area contributed by atoms with Crippen molar-refractivity contribution in [2.24, 2.45) is 4.99 Å². The lowest BCUT2D eigenvalue weighted by Crippen LogP contribution is -2.39. The minimum absolute atomic E-state index is 0.134. The van der Waals surface area contributed by atoms with Crippen LogP contribution in [0.5, 0.6) is 0 Å². The molecule has 3 N–H and O–H groups in total. The Kier molecular flexibility index (Phi) is 8.95. The van der Waals surface area contributed by atoms with Gasteiger partial charge in [0, 0.05) is 29.5 Å². The van der Waals surface area contributed by atoms with E-state index in [1.54, 1.807) is 12.4 Å². The molecule has 12 heteroatoms. The number of nitrogens with zero attached hydrogens (tertiary/aromatic N) is 4. The number of hydrogen-bond donors (Lipinski definition) is 3. The quantitative estimate of drug-likeness (QED) is 0.196. The van der Waals surface area contributed by atoms with Crippen molar-refractivity contribution in [3.05, 3.63) is 76.9 Å². The topological polar surface area (TPSA) is 140 Å². The molecule has 36 heavy (non-hydrogen) atoms. The van der Waals surface area contributed by atoms with Gasteiger partial charge in [0.25, 0.3) is 0 Å². The van der Waals surface area contributed by atoms with E-state index in [0.29, 0.717) is 18.2 Å². The van der Waals surface area contributed by atoms with E-state index >= 15 is 0 Å². The van der Waals surface area contributed by atoms with Gasteiger partial charge < -0.3 is 20.1 Å². The molecule has 0 bridgehead atoms. The second-order valence-corrected chi connectivity index (χ2v) is 7.89. The first-order valence-electron chi connectivity index (χ1n) is 10.7. The first-order chi connectivity index (χ1) is 17.3. The molecular weight excluding hydrogens is 482 g/mol. The number of aromatic nitrogens is 3. The number of aliphatic imine (C=N–C) groups is 1. The Balaban J connectivity index is 1.84. The van der Waals surface area contributed by atoms with E-state index in [1.807, 2.05) is 32.0 Å². The number of esters is 2. The molecule has 2 aromatic heterocycles. The van der Waals surface area contributed by atoms with Crippen molar-refractivity contribution in [2.75, 3.05) is 24.9 Å². The zero-order valence-corrected chi connectivity index (χ0v) is 21.0. The lowest BCUT2D eigenvalue weighted by Gasteiger charge is -2.15. The predicted octanol–water partition coefficient (Wildman–Crippen LogP) is 3.02. The van der Waals surface area contributed by atoms with Crippen LogP contribution < -0.4 is 16.0 Å². The number of hydrogen-bond acceptors (Lipinski definition) is 9. The molecule has 186 valence electrons. The Morgan fingerprint density at radius 3 is 2.17 bits per heavy atom. The summed E-state index contributed by atoms with van der Waals surface area (Å²) >= 11 is 5.46. The lowest BCUT2D eigenvalue weighted by atomic mass is 10.1. The summed E-state index contributed by atoms with van der Waals surface area (Å²) in [6, 6.07) is 9.93. The molecule has 0 aliphatic carbocycles. The molecule has 0 fully saturated rings. The monoisotopic (exact) mass is 507 g/mol. The summed E-state index contributed by atoms with van der Waals surface area (Å²) in [5.74, 6) is -0.614. The van der Waals surface area contributed by atoms with Crippen LogP contribution >= 0.6 is 12.2 Å². The molecule has 11 nitrogen and oxygen atoms in total. The van der Waals surface area contributed by atoms with E-state index < -0.39 is 11.9 Å². The second kappa shape index (κ2) is 12.3. The summed E-state index contributed by atoms with van der Waals surface area (Å²) < 4.78 is 9.55. The highest BCUT2D eigenvalue weighted by Gasteiger charge is 2.15. The molecule has 3 rings (SSSR count). The number of ether oxygens (including phenoxy) is 2. The van der Waals surface area contributed by atoms with E-state index in [9.17, 15) is 9.59 Å². The van der Waals surface area contributed by atoms with Gasteiger partial charge in [0.15, 0.2) is 5.11 Å². The SMILES string of the molecule is COC(=O)c1cc(NC(=S)NC(=NCc2cccnc2)Nc2nc(C)cc(C)n2)cc(C(=O)OC)c1. The first-order valence-corrected chi connectivity index (χ1v) is 11.1. The van der Waals surface area contributed by atoms with Gasteiger partial charge in [-0.05, 0) is 62.0 Å². The number of methoxy groups -OCH3 is 2. The molecule has 0 unspecified atom stereocenters. The molecule has 3 aromatic rings. The standard InChI is InChI=1S/C24H25N7O4S/c1-14-8-15(2)28-23(27-14)30-22(26-13-16-6-5-7-25-12-16)31-24(36)29-19-10-17(20(32)34-3)9-18(11-19)21(33)35-4/h5-12H,13H2,1-4H3,(H3,26,27,28,29,30,31,36). The maximum atomic E-state index is 12.1. The van der Waals surface area contributed by atoms with Crippen molar-refractivity contribution in [1.29, 1.82) is 0 Å². The molecule has 0 aliphatic rings. The molecule has 2 heterocycles. The average Bonchev–Trinajstić information content (AvgIpc) is 2.86. The summed E-state index contributed by atoms with van der Waals surface area (Å²) in [5.41, 5.74) is 3.12. The molecule has 0 spiro atoms. The number of guanidine groups is 1. The number of anilines is 2. The Morgan fingerprint density at radius 2 is 1.61 bits per heavy atom. The van der Waals surface area contributed by atoms with Crippen LogP contribution in [0.3, 0.4) is 0 Å². The Labute approximate surface area is 213 Å². The Morgan fingerprint density at radius 1 is 0.972 bits per heavy atom. The number of benzene rings is 1. The largest absolute Gasteiger partial charge is 0.465 e. The number of thiocarbonyl (C=S) groups is 1. The summed E-state index contributed by atoms with van der Waals surface area (Å²) in [4.78, 5) is 41.5. The summed E-state index contributed by atoms with van der Waals surface area (Å²) in [5, 5.41) is 9.10. The highest BCUT2D eigenvalue weighted by molar-refractivity contribution is 7.80. The molecule has 0 aliphatic heterocycles.